The number of hydrogen-bond donors (Lipinski definition) is 0. The number of thioether (sulfide) groups is 1. The lowest BCUT2D eigenvalue weighted by molar-refractivity contribution is 0.494. The zero-order valence-electron chi connectivity index (χ0n) is 16.9. The topological polar surface area (TPSA) is 74.0 Å². The van der Waals surface area contributed by atoms with Gasteiger partial charge in [-0.25, -0.2) is 19.5 Å². The van der Waals surface area contributed by atoms with Crippen molar-refractivity contribution >= 4 is 50.0 Å². The molecule has 6 rings (SSSR count). The van der Waals surface area contributed by atoms with Gasteiger partial charge in [0, 0.05) is 5.69 Å². The number of aromatic nitrogens is 6. The lowest BCUT2D eigenvalue weighted by atomic mass is 10.2. The van der Waals surface area contributed by atoms with Crippen LogP contribution in [0.3, 0.4) is 0 Å². The van der Waals surface area contributed by atoms with Crippen molar-refractivity contribution in [2.45, 2.75) is 30.5 Å². The van der Waals surface area contributed by atoms with Crippen LogP contribution in [-0.4, -0.2) is 29.1 Å². The van der Waals surface area contributed by atoms with Crippen molar-refractivity contribution in [3.05, 3.63) is 71.8 Å². The molecule has 7 nitrogen and oxygen atoms in total. The third-order valence-corrected chi connectivity index (χ3v) is 7.66. The van der Waals surface area contributed by atoms with Crippen LogP contribution in [-0.2, 0) is 12.3 Å². The molecule has 0 amide bonds. The number of furan rings is 1. The molecule has 0 atom stereocenters. The smallest absolute Gasteiger partial charge is 0.168 e. The summed E-state index contributed by atoms with van der Waals surface area (Å²) in [7, 11) is 0. The van der Waals surface area contributed by atoms with E-state index in [1.54, 1.807) is 40.2 Å². The maximum Gasteiger partial charge on any atom is 0.168 e. The first-order chi connectivity index (χ1) is 15.2. The Kier molecular flexibility index (Phi) is 4.32. The highest BCUT2D eigenvalue weighted by atomic mass is 32.2. The highest BCUT2D eigenvalue weighted by Crippen LogP contribution is 2.32. The van der Waals surface area contributed by atoms with E-state index < -0.39 is 0 Å². The maximum absolute atomic E-state index is 5.55. The second-order valence-corrected chi connectivity index (χ2v) is 9.60. The van der Waals surface area contributed by atoms with Crippen LogP contribution in [0.2, 0.25) is 0 Å². The van der Waals surface area contributed by atoms with Crippen LogP contribution in [0.25, 0.3) is 26.9 Å². The summed E-state index contributed by atoms with van der Waals surface area (Å²) in [5.41, 5.74) is 5.09. The summed E-state index contributed by atoms with van der Waals surface area (Å²) in [5, 5.41) is 5.70. The summed E-state index contributed by atoms with van der Waals surface area (Å²) < 4.78 is 11.7. The molecule has 0 aliphatic heterocycles. The molecule has 6 aromatic rings. The van der Waals surface area contributed by atoms with Gasteiger partial charge in [0.2, 0.25) is 0 Å². The van der Waals surface area contributed by atoms with E-state index in [4.69, 9.17) is 19.4 Å². The Bertz CT molecular complexity index is 1510. The first-order valence-electron chi connectivity index (χ1n) is 9.88. The number of rotatable bonds is 5. The fourth-order valence-corrected chi connectivity index (χ4v) is 5.74. The number of hydrogen-bond acceptors (Lipinski definition) is 7. The fourth-order valence-electron chi connectivity index (χ4n) is 3.83. The van der Waals surface area contributed by atoms with Crippen molar-refractivity contribution in [1.82, 2.24) is 29.1 Å². The van der Waals surface area contributed by atoms with Crippen LogP contribution in [0, 0.1) is 13.8 Å². The lowest BCUT2D eigenvalue weighted by Crippen LogP contribution is -2.02. The Balaban J connectivity index is 1.36. The molecule has 0 saturated heterocycles. The van der Waals surface area contributed by atoms with Gasteiger partial charge in [0.1, 0.15) is 17.7 Å². The second kappa shape index (κ2) is 7.21. The predicted molar refractivity (Wildman–Crippen MR) is 123 cm³/mol. The summed E-state index contributed by atoms with van der Waals surface area (Å²) in [6.07, 6.45) is 3.44. The fraction of sp³-hybridized carbons (Fsp3) is 0.182. The molecule has 0 N–H and O–H groups in total. The second-order valence-electron chi connectivity index (χ2n) is 7.35. The first kappa shape index (κ1) is 18.6. The molecule has 0 bridgehead atoms. The monoisotopic (exact) mass is 446 g/mol. The lowest BCUT2D eigenvalue weighted by Gasteiger charge is -2.05. The number of para-hydroxylation sites is 1. The standard InChI is InChI=1S/C22H18N6OS2/c1-13-14(2)27(10-15-6-5-9-29-15)20-19(13)21-25-18(26-28(21)12-23-20)11-30-22-24-16-7-3-4-8-17(16)31-22/h3-9,12H,10-11H2,1-2H3. The average Bonchev–Trinajstić information content (AvgIpc) is 3.55. The molecular weight excluding hydrogens is 428 g/mol. The van der Waals surface area contributed by atoms with Crippen molar-refractivity contribution < 1.29 is 4.42 Å². The molecule has 0 aliphatic rings. The van der Waals surface area contributed by atoms with Crippen molar-refractivity contribution in [3.8, 4) is 0 Å². The molecule has 0 radical (unpaired) electrons. The molecule has 31 heavy (non-hydrogen) atoms. The van der Waals surface area contributed by atoms with Gasteiger partial charge in [-0.1, -0.05) is 23.9 Å². The minimum atomic E-state index is 0.640. The minimum absolute atomic E-state index is 0.640. The Labute approximate surface area is 185 Å². The van der Waals surface area contributed by atoms with Gasteiger partial charge in [0.05, 0.1) is 34.2 Å². The number of aryl methyl sites for hydroxylation is 1. The molecule has 154 valence electrons. The highest BCUT2D eigenvalue weighted by molar-refractivity contribution is 8.00. The third-order valence-electron chi connectivity index (χ3n) is 5.48. The largest absolute Gasteiger partial charge is 0.467 e. The van der Waals surface area contributed by atoms with Gasteiger partial charge >= 0.3 is 0 Å². The molecule has 0 fully saturated rings. The van der Waals surface area contributed by atoms with E-state index in [0.717, 1.165) is 49.4 Å². The molecule has 9 heteroatoms. The van der Waals surface area contributed by atoms with Crippen molar-refractivity contribution in [2.24, 2.45) is 0 Å². The Morgan fingerprint density at radius 3 is 2.81 bits per heavy atom. The number of benzene rings is 1. The molecule has 0 spiro atoms. The van der Waals surface area contributed by atoms with Gasteiger partial charge in [0.25, 0.3) is 0 Å². The molecule has 1 aromatic carbocycles. The average molecular weight is 447 g/mol. The van der Waals surface area contributed by atoms with Gasteiger partial charge in [-0.15, -0.1) is 16.4 Å². The minimum Gasteiger partial charge on any atom is -0.467 e. The molecule has 0 aliphatic carbocycles. The highest BCUT2D eigenvalue weighted by Gasteiger charge is 2.19. The van der Waals surface area contributed by atoms with E-state index in [-0.39, 0.29) is 0 Å². The normalized spacial score (nSPS) is 11.9. The van der Waals surface area contributed by atoms with E-state index in [0.29, 0.717) is 12.3 Å². The molecular formula is C22H18N6OS2. The van der Waals surface area contributed by atoms with Gasteiger partial charge in [-0.05, 0) is 43.7 Å². The zero-order chi connectivity index (χ0) is 20.9. The first-order valence-corrected chi connectivity index (χ1v) is 11.7. The van der Waals surface area contributed by atoms with Gasteiger partial charge in [-0.2, -0.15) is 0 Å². The van der Waals surface area contributed by atoms with Gasteiger partial charge < -0.3 is 8.98 Å². The number of nitrogens with zero attached hydrogens (tertiary/aromatic N) is 6. The number of fused-ring (bicyclic) bond motifs is 4. The van der Waals surface area contributed by atoms with E-state index in [1.807, 2.05) is 30.3 Å². The van der Waals surface area contributed by atoms with Crippen LogP contribution in [0.1, 0.15) is 22.8 Å². The van der Waals surface area contributed by atoms with Crippen molar-refractivity contribution in [3.63, 3.8) is 0 Å². The van der Waals surface area contributed by atoms with Crippen LogP contribution in [0.5, 0.6) is 0 Å². The van der Waals surface area contributed by atoms with Crippen LogP contribution < -0.4 is 0 Å². The maximum atomic E-state index is 5.55. The van der Waals surface area contributed by atoms with E-state index in [1.165, 1.54) is 4.70 Å². The Morgan fingerprint density at radius 1 is 1.06 bits per heavy atom. The van der Waals surface area contributed by atoms with E-state index in [9.17, 15) is 0 Å². The van der Waals surface area contributed by atoms with Gasteiger partial charge in [-0.3, -0.25) is 0 Å². The zero-order valence-corrected chi connectivity index (χ0v) is 18.6. The predicted octanol–water partition coefficient (Wildman–Crippen LogP) is 5.24. The van der Waals surface area contributed by atoms with E-state index >= 15 is 0 Å². The number of thiazole rings is 1. The summed E-state index contributed by atoms with van der Waals surface area (Å²) in [6.45, 7) is 4.86. The summed E-state index contributed by atoms with van der Waals surface area (Å²) >= 11 is 3.37. The Hall–Kier alpha value is -3.17. The Morgan fingerprint density at radius 2 is 1.97 bits per heavy atom. The summed E-state index contributed by atoms with van der Waals surface area (Å²) in [6, 6.07) is 12.1. The summed E-state index contributed by atoms with van der Waals surface area (Å²) in [5.74, 6) is 2.33. The van der Waals surface area contributed by atoms with Crippen LogP contribution >= 0.6 is 23.1 Å². The summed E-state index contributed by atoms with van der Waals surface area (Å²) in [4.78, 5) is 14.2. The van der Waals surface area contributed by atoms with Gasteiger partial charge in [0.15, 0.2) is 15.8 Å². The molecule has 0 unspecified atom stereocenters. The molecule has 5 aromatic heterocycles. The molecule has 5 heterocycles. The molecule has 0 saturated carbocycles. The quantitative estimate of drug-likeness (QED) is 0.337. The van der Waals surface area contributed by atoms with Crippen LogP contribution in [0.15, 0.2) is 57.7 Å². The van der Waals surface area contributed by atoms with Crippen molar-refractivity contribution in [2.75, 3.05) is 0 Å². The van der Waals surface area contributed by atoms with E-state index in [2.05, 4.69) is 29.6 Å². The third kappa shape index (κ3) is 3.12. The van der Waals surface area contributed by atoms with Crippen LogP contribution in [0.4, 0.5) is 0 Å². The van der Waals surface area contributed by atoms with Crippen molar-refractivity contribution in [1.29, 1.82) is 0 Å². The SMILES string of the molecule is Cc1c(C)n(Cc2ccco2)c2ncn3nc(CSc4nc5ccccc5s4)nc3c12.